The molecule has 19 heavy (non-hydrogen) atoms. The minimum Gasteiger partial charge on any atom is -0.497 e. The quantitative estimate of drug-likeness (QED) is 0.781. The van der Waals surface area contributed by atoms with Crippen molar-refractivity contribution in [1.82, 2.24) is 0 Å². The van der Waals surface area contributed by atoms with Gasteiger partial charge in [-0.25, -0.2) is 0 Å². The maximum Gasteiger partial charge on any atom is 0.122 e. The fraction of sp³-hybridized carbons (Fsp3) is 0.294. The molecule has 0 aliphatic heterocycles. The van der Waals surface area contributed by atoms with E-state index in [4.69, 9.17) is 9.47 Å². The van der Waals surface area contributed by atoms with Crippen molar-refractivity contribution in [3.05, 3.63) is 59.7 Å². The van der Waals surface area contributed by atoms with Crippen molar-refractivity contribution in [1.29, 1.82) is 0 Å². The average molecular weight is 256 g/mol. The molecule has 0 fully saturated rings. The van der Waals surface area contributed by atoms with Crippen LogP contribution in [-0.2, 0) is 12.8 Å². The van der Waals surface area contributed by atoms with Gasteiger partial charge in [0.25, 0.3) is 0 Å². The number of benzene rings is 2. The first-order valence-corrected chi connectivity index (χ1v) is 6.58. The summed E-state index contributed by atoms with van der Waals surface area (Å²) in [6.07, 6.45) is 3.18. The van der Waals surface area contributed by atoms with E-state index in [0.29, 0.717) is 0 Å². The highest BCUT2D eigenvalue weighted by Gasteiger charge is 2.05. The SMILES string of the molecule is COc1ccc(OC)c(CCCc2ccccc2)c1. The zero-order valence-corrected chi connectivity index (χ0v) is 11.6. The lowest BCUT2D eigenvalue weighted by molar-refractivity contribution is 0.398. The number of rotatable bonds is 6. The van der Waals surface area contributed by atoms with E-state index in [2.05, 4.69) is 36.4 Å². The molecule has 0 saturated carbocycles. The number of hydrogen-bond acceptors (Lipinski definition) is 2. The van der Waals surface area contributed by atoms with Crippen LogP contribution in [0.1, 0.15) is 17.5 Å². The van der Waals surface area contributed by atoms with Crippen LogP contribution in [0.25, 0.3) is 0 Å². The first kappa shape index (κ1) is 13.5. The van der Waals surface area contributed by atoms with Crippen molar-refractivity contribution in [2.75, 3.05) is 14.2 Å². The Kier molecular flexibility index (Phi) is 4.85. The van der Waals surface area contributed by atoms with E-state index >= 15 is 0 Å². The molecule has 2 heteroatoms. The van der Waals surface area contributed by atoms with Gasteiger partial charge in [0.2, 0.25) is 0 Å². The molecule has 2 rings (SSSR count). The van der Waals surface area contributed by atoms with Crippen molar-refractivity contribution in [3.8, 4) is 11.5 Å². The molecule has 2 aromatic rings. The average Bonchev–Trinajstić information content (AvgIpc) is 2.48. The number of ether oxygens (including phenoxy) is 2. The maximum atomic E-state index is 5.39. The van der Waals surface area contributed by atoms with Gasteiger partial charge < -0.3 is 9.47 Å². The van der Waals surface area contributed by atoms with Gasteiger partial charge in [0.05, 0.1) is 14.2 Å². The summed E-state index contributed by atoms with van der Waals surface area (Å²) in [5, 5.41) is 0. The minimum absolute atomic E-state index is 0.885. The molecule has 2 nitrogen and oxygen atoms in total. The standard InChI is InChI=1S/C17H20O2/c1-18-16-11-12-17(19-2)15(13-16)10-6-9-14-7-4-3-5-8-14/h3-5,7-8,11-13H,6,9-10H2,1-2H3. The van der Waals surface area contributed by atoms with Crippen molar-refractivity contribution >= 4 is 0 Å². The Morgan fingerprint density at radius 1 is 0.842 bits per heavy atom. The molecule has 0 heterocycles. The lowest BCUT2D eigenvalue weighted by Crippen LogP contribution is -1.95. The third-order valence-electron chi connectivity index (χ3n) is 3.24. The summed E-state index contributed by atoms with van der Waals surface area (Å²) < 4.78 is 10.7. The summed E-state index contributed by atoms with van der Waals surface area (Å²) in [4.78, 5) is 0. The van der Waals surface area contributed by atoms with E-state index in [-0.39, 0.29) is 0 Å². The third kappa shape index (κ3) is 3.75. The lowest BCUT2D eigenvalue weighted by Gasteiger charge is -2.10. The van der Waals surface area contributed by atoms with Crippen molar-refractivity contribution in [2.45, 2.75) is 19.3 Å². The molecule has 0 atom stereocenters. The van der Waals surface area contributed by atoms with E-state index in [0.717, 1.165) is 30.8 Å². The molecule has 0 aromatic heterocycles. The van der Waals surface area contributed by atoms with E-state index in [1.807, 2.05) is 12.1 Å². The minimum atomic E-state index is 0.885. The Hall–Kier alpha value is -1.96. The van der Waals surface area contributed by atoms with Gasteiger partial charge in [0.15, 0.2) is 0 Å². The molecule has 100 valence electrons. The second kappa shape index (κ2) is 6.83. The molecule has 0 aliphatic carbocycles. The topological polar surface area (TPSA) is 18.5 Å². The van der Waals surface area contributed by atoms with Gasteiger partial charge in [-0.1, -0.05) is 30.3 Å². The smallest absolute Gasteiger partial charge is 0.122 e. The van der Waals surface area contributed by atoms with Crippen molar-refractivity contribution < 1.29 is 9.47 Å². The lowest BCUT2D eigenvalue weighted by atomic mass is 10.0. The molecule has 0 unspecified atom stereocenters. The van der Waals surface area contributed by atoms with Crippen LogP contribution >= 0.6 is 0 Å². The number of aryl methyl sites for hydroxylation is 2. The normalized spacial score (nSPS) is 10.2. The molecule has 0 aliphatic rings. The van der Waals surface area contributed by atoms with Crippen molar-refractivity contribution in [2.24, 2.45) is 0 Å². The highest BCUT2D eigenvalue weighted by Crippen LogP contribution is 2.25. The van der Waals surface area contributed by atoms with Crippen LogP contribution in [0.15, 0.2) is 48.5 Å². The van der Waals surface area contributed by atoms with Crippen LogP contribution in [0, 0.1) is 0 Å². The van der Waals surface area contributed by atoms with Crippen LogP contribution in [0.5, 0.6) is 11.5 Å². The van der Waals surface area contributed by atoms with Gasteiger partial charge in [0.1, 0.15) is 11.5 Å². The Bertz CT molecular complexity index is 506. The summed E-state index contributed by atoms with van der Waals surface area (Å²) in [7, 11) is 3.40. The Morgan fingerprint density at radius 2 is 1.63 bits per heavy atom. The molecule has 2 aromatic carbocycles. The summed E-state index contributed by atoms with van der Waals surface area (Å²) >= 11 is 0. The van der Waals surface area contributed by atoms with Gasteiger partial charge in [0, 0.05) is 0 Å². The largest absolute Gasteiger partial charge is 0.497 e. The fourth-order valence-corrected chi connectivity index (χ4v) is 2.20. The summed E-state index contributed by atoms with van der Waals surface area (Å²) in [5.41, 5.74) is 2.59. The summed E-state index contributed by atoms with van der Waals surface area (Å²) in [6, 6.07) is 16.5. The van der Waals surface area contributed by atoms with E-state index in [1.165, 1.54) is 11.1 Å². The van der Waals surface area contributed by atoms with Crippen LogP contribution in [0.3, 0.4) is 0 Å². The van der Waals surface area contributed by atoms with Crippen LogP contribution in [-0.4, -0.2) is 14.2 Å². The summed E-state index contributed by atoms with van der Waals surface area (Å²) in [5.74, 6) is 1.82. The first-order chi connectivity index (χ1) is 9.33. The molecule has 0 amide bonds. The van der Waals surface area contributed by atoms with Gasteiger partial charge in [-0.2, -0.15) is 0 Å². The molecule has 0 radical (unpaired) electrons. The monoisotopic (exact) mass is 256 g/mol. The summed E-state index contributed by atoms with van der Waals surface area (Å²) in [6.45, 7) is 0. The third-order valence-corrected chi connectivity index (χ3v) is 3.24. The van der Waals surface area contributed by atoms with Crippen LogP contribution in [0.2, 0.25) is 0 Å². The molecule has 0 saturated heterocycles. The number of methoxy groups -OCH3 is 2. The highest BCUT2D eigenvalue weighted by molar-refractivity contribution is 5.40. The van der Waals surface area contributed by atoms with Crippen LogP contribution in [0.4, 0.5) is 0 Å². The maximum absolute atomic E-state index is 5.39. The molecule has 0 N–H and O–H groups in total. The Labute approximate surface area is 115 Å². The van der Waals surface area contributed by atoms with Gasteiger partial charge in [-0.15, -0.1) is 0 Å². The second-order valence-electron chi connectivity index (χ2n) is 4.52. The van der Waals surface area contributed by atoms with E-state index < -0.39 is 0 Å². The zero-order valence-electron chi connectivity index (χ0n) is 11.6. The fourth-order valence-electron chi connectivity index (χ4n) is 2.20. The van der Waals surface area contributed by atoms with Gasteiger partial charge >= 0.3 is 0 Å². The molecular formula is C17H20O2. The van der Waals surface area contributed by atoms with Crippen LogP contribution < -0.4 is 9.47 Å². The predicted molar refractivity (Wildman–Crippen MR) is 78.0 cm³/mol. The Balaban J connectivity index is 1.98. The first-order valence-electron chi connectivity index (χ1n) is 6.58. The number of hydrogen-bond donors (Lipinski definition) is 0. The molecular weight excluding hydrogens is 236 g/mol. The molecule has 0 spiro atoms. The van der Waals surface area contributed by atoms with Gasteiger partial charge in [-0.3, -0.25) is 0 Å². The van der Waals surface area contributed by atoms with E-state index in [1.54, 1.807) is 14.2 Å². The second-order valence-corrected chi connectivity index (χ2v) is 4.52. The predicted octanol–water partition coefficient (Wildman–Crippen LogP) is 3.88. The molecule has 0 bridgehead atoms. The highest BCUT2D eigenvalue weighted by atomic mass is 16.5. The zero-order chi connectivity index (χ0) is 13.5. The Morgan fingerprint density at radius 3 is 2.32 bits per heavy atom. The van der Waals surface area contributed by atoms with Gasteiger partial charge in [-0.05, 0) is 48.6 Å². The van der Waals surface area contributed by atoms with E-state index in [9.17, 15) is 0 Å². The van der Waals surface area contributed by atoms with Crippen molar-refractivity contribution in [3.63, 3.8) is 0 Å².